The Balaban J connectivity index is 1.55. The zero-order valence-electron chi connectivity index (χ0n) is 16.5. The summed E-state index contributed by atoms with van der Waals surface area (Å²) in [6.45, 7) is 0. The highest BCUT2D eigenvalue weighted by molar-refractivity contribution is 8.00. The fourth-order valence-corrected chi connectivity index (χ4v) is 4.76. The summed E-state index contributed by atoms with van der Waals surface area (Å²) in [5.41, 5.74) is 7.95. The highest BCUT2D eigenvalue weighted by Crippen LogP contribution is 2.45. The third kappa shape index (κ3) is 3.79. The highest BCUT2D eigenvalue weighted by atomic mass is 32.2. The number of fused-ring (bicyclic) bond motifs is 1. The van der Waals surface area contributed by atoms with E-state index >= 15 is 0 Å². The first-order valence-corrected chi connectivity index (χ1v) is 10.8. The molecular formula is C22H20N6O2S. The van der Waals surface area contributed by atoms with Gasteiger partial charge in [-0.3, -0.25) is 14.7 Å². The van der Waals surface area contributed by atoms with Crippen molar-refractivity contribution in [1.82, 2.24) is 25.1 Å². The number of carbonyl (C=O) groups is 2. The van der Waals surface area contributed by atoms with Gasteiger partial charge in [-0.1, -0.05) is 60.3 Å². The van der Waals surface area contributed by atoms with Crippen LogP contribution in [-0.4, -0.2) is 31.7 Å². The topological polar surface area (TPSA) is 119 Å². The number of hydrogen-bond donors (Lipinski definition) is 3. The number of carbonyl (C=O) groups excluding carboxylic acids is 2. The van der Waals surface area contributed by atoms with E-state index in [1.165, 1.54) is 11.8 Å². The van der Waals surface area contributed by atoms with Crippen LogP contribution in [0.2, 0.25) is 0 Å². The number of benzene rings is 2. The van der Waals surface area contributed by atoms with Crippen molar-refractivity contribution in [2.45, 2.75) is 29.3 Å². The largest absolute Gasteiger partial charge is 0.360 e. The van der Waals surface area contributed by atoms with Crippen LogP contribution in [0.5, 0.6) is 0 Å². The monoisotopic (exact) mass is 432 g/mol. The summed E-state index contributed by atoms with van der Waals surface area (Å²) >= 11 is 1.27. The second-order valence-corrected chi connectivity index (χ2v) is 8.49. The lowest BCUT2D eigenvalue weighted by Gasteiger charge is -2.16. The molecule has 0 aliphatic heterocycles. The number of H-pyrrole nitrogens is 1. The average molecular weight is 433 g/mol. The van der Waals surface area contributed by atoms with Crippen LogP contribution in [0.25, 0.3) is 22.3 Å². The third-order valence-electron chi connectivity index (χ3n) is 5.22. The minimum absolute atomic E-state index is 0.289. The molecule has 3 amide bonds. The lowest BCUT2D eigenvalue weighted by Crippen LogP contribution is -2.37. The molecule has 2 aromatic heterocycles. The number of imide groups is 1. The van der Waals surface area contributed by atoms with Gasteiger partial charge in [0, 0.05) is 28.7 Å². The van der Waals surface area contributed by atoms with E-state index in [0.29, 0.717) is 5.16 Å². The molecule has 4 aromatic rings. The van der Waals surface area contributed by atoms with Gasteiger partial charge < -0.3 is 10.7 Å². The molecule has 31 heavy (non-hydrogen) atoms. The molecule has 1 aliphatic carbocycles. The second-order valence-electron chi connectivity index (χ2n) is 7.42. The van der Waals surface area contributed by atoms with E-state index in [-0.39, 0.29) is 6.04 Å². The van der Waals surface area contributed by atoms with Crippen LogP contribution in [0.4, 0.5) is 4.79 Å². The molecule has 2 heterocycles. The zero-order chi connectivity index (χ0) is 21.4. The van der Waals surface area contributed by atoms with Gasteiger partial charge >= 0.3 is 6.03 Å². The highest BCUT2D eigenvalue weighted by Gasteiger charge is 2.33. The van der Waals surface area contributed by atoms with Crippen molar-refractivity contribution in [2.75, 3.05) is 0 Å². The number of hydrogen-bond acceptors (Lipinski definition) is 5. The minimum atomic E-state index is -0.880. The number of aromatic nitrogens is 4. The standard InChI is InChI=1S/C22H20N6O2S/c23-21(30)25-20(29)18(13-6-2-1-3-7-13)31-22-27-26-19(28(22)14-10-11-14)16-12-24-17-9-5-4-8-15(16)17/h1-9,12,14,18,24H,10-11H2,(H3,23,25,29,30)/t18-/m1/s1. The number of amides is 3. The first kappa shape index (κ1) is 19.4. The van der Waals surface area contributed by atoms with E-state index in [9.17, 15) is 9.59 Å². The first-order valence-electron chi connectivity index (χ1n) is 9.95. The van der Waals surface area contributed by atoms with Gasteiger partial charge in [-0.25, -0.2) is 4.79 Å². The van der Waals surface area contributed by atoms with Crippen LogP contribution < -0.4 is 11.1 Å². The Morgan fingerprint density at radius 2 is 1.84 bits per heavy atom. The van der Waals surface area contributed by atoms with E-state index in [2.05, 4.69) is 25.1 Å². The number of nitrogens with one attached hydrogen (secondary N) is 2. The van der Waals surface area contributed by atoms with Crippen LogP contribution in [0.3, 0.4) is 0 Å². The van der Waals surface area contributed by atoms with Gasteiger partial charge in [0.1, 0.15) is 5.25 Å². The number of primary amides is 1. The zero-order valence-corrected chi connectivity index (χ0v) is 17.3. The lowest BCUT2D eigenvalue weighted by atomic mass is 10.1. The van der Waals surface area contributed by atoms with Crippen LogP contribution >= 0.6 is 11.8 Å². The average Bonchev–Trinajstić information content (AvgIpc) is 3.38. The summed E-state index contributed by atoms with van der Waals surface area (Å²) in [6, 6.07) is 16.7. The molecule has 5 rings (SSSR count). The van der Waals surface area contributed by atoms with Crippen molar-refractivity contribution in [2.24, 2.45) is 5.73 Å². The molecule has 2 aromatic carbocycles. The Labute approximate surface area is 182 Å². The predicted molar refractivity (Wildman–Crippen MR) is 118 cm³/mol. The molecular weight excluding hydrogens is 412 g/mol. The number of rotatable bonds is 6. The predicted octanol–water partition coefficient (Wildman–Crippen LogP) is 3.79. The van der Waals surface area contributed by atoms with Crippen molar-refractivity contribution in [3.63, 3.8) is 0 Å². The summed E-state index contributed by atoms with van der Waals surface area (Å²) in [5, 5.41) is 12.1. The molecule has 0 unspecified atom stereocenters. The Morgan fingerprint density at radius 3 is 2.58 bits per heavy atom. The van der Waals surface area contributed by atoms with E-state index in [4.69, 9.17) is 5.73 Å². The van der Waals surface area contributed by atoms with Gasteiger partial charge in [-0.2, -0.15) is 0 Å². The van der Waals surface area contributed by atoms with Gasteiger partial charge in [0.15, 0.2) is 11.0 Å². The SMILES string of the molecule is NC(=O)NC(=O)[C@H](Sc1nnc(-c2c[nH]c3ccccc23)n1C1CC1)c1ccccc1. The Kier molecular flexibility index (Phi) is 4.95. The number of nitrogens with zero attached hydrogens (tertiary/aromatic N) is 3. The number of aromatic amines is 1. The van der Waals surface area contributed by atoms with Gasteiger partial charge in [0.25, 0.3) is 0 Å². The summed E-state index contributed by atoms with van der Waals surface area (Å²) in [6.07, 6.45) is 4.01. The maximum Gasteiger partial charge on any atom is 0.318 e. The molecule has 9 heteroatoms. The molecule has 156 valence electrons. The molecule has 8 nitrogen and oxygen atoms in total. The maximum absolute atomic E-state index is 12.8. The summed E-state index contributed by atoms with van der Waals surface area (Å²) in [7, 11) is 0. The first-order chi connectivity index (χ1) is 15.1. The second kappa shape index (κ2) is 7.92. The third-order valence-corrected chi connectivity index (χ3v) is 6.43. The molecule has 1 fully saturated rings. The summed E-state index contributed by atoms with van der Waals surface area (Å²) < 4.78 is 2.10. The summed E-state index contributed by atoms with van der Waals surface area (Å²) in [5.74, 6) is 0.285. The van der Waals surface area contributed by atoms with Gasteiger partial charge in [-0.05, 0) is 24.5 Å². The van der Waals surface area contributed by atoms with E-state index in [0.717, 1.165) is 40.7 Å². The molecule has 0 bridgehead atoms. The minimum Gasteiger partial charge on any atom is -0.360 e. The van der Waals surface area contributed by atoms with Crippen LogP contribution in [0.15, 0.2) is 66.0 Å². The van der Waals surface area contributed by atoms with Crippen molar-refractivity contribution in [3.8, 4) is 11.4 Å². The molecule has 0 spiro atoms. The lowest BCUT2D eigenvalue weighted by molar-refractivity contribution is -0.119. The van der Waals surface area contributed by atoms with Crippen molar-refractivity contribution in [3.05, 3.63) is 66.4 Å². The Bertz CT molecular complexity index is 1260. The number of para-hydroxylation sites is 1. The van der Waals surface area contributed by atoms with E-state index in [1.54, 1.807) is 0 Å². The van der Waals surface area contributed by atoms with Gasteiger partial charge in [0.05, 0.1) is 0 Å². The molecule has 1 atom stereocenters. The van der Waals surface area contributed by atoms with Crippen molar-refractivity contribution >= 4 is 34.6 Å². The fraction of sp³-hybridized carbons (Fsp3) is 0.182. The number of urea groups is 1. The van der Waals surface area contributed by atoms with Crippen LogP contribution in [0, 0.1) is 0 Å². The van der Waals surface area contributed by atoms with Crippen LogP contribution in [-0.2, 0) is 4.79 Å². The number of thioether (sulfide) groups is 1. The van der Waals surface area contributed by atoms with Gasteiger partial charge in [-0.15, -0.1) is 10.2 Å². The Morgan fingerprint density at radius 1 is 1.10 bits per heavy atom. The molecule has 1 saturated carbocycles. The van der Waals surface area contributed by atoms with Crippen molar-refractivity contribution in [1.29, 1.82) is 0 Å². The molecule has 1 aliphatic rings. The Hall–Kier alpha value is -3.59. The van der Waals surface area contributed by atoms with Gasteiger partial charge in [0.2, 0.25) is 5.91 Å². The molecule has 0 saturated heterocycles. The smallest absolute Gasteiger partial charge is 0.318 e. The molecule has 0 radical (unpaired) electrons. The van der Waals surface area contributed by atoms with E-state index < -0.39 is 17.2 Å². The number of nitrogens with two attached hydrogens (primary N) is 1. The summed E-state index contributed by atoms with van der Waals surface area (Å²) in [4.78, 5) is 27.4. The van der Waals surface area contributed by atoms with Crippen LogP contribution in [0.1, 0.15) is 29.7 Å². The normalized spacial score (nSPS) is 14.5. The maximum atomic E-state index is 12.8. The van der Waals surface area contributed by atoms with E-state index in [1.807, 2.05) is 60.8 Å². The molecule has 4 N–H and O–H groups in total. The quantitative estimate of drug-likeness (QED) is 0.401. The van der Waals surface area contributed by atoms with Crippen molar-refractivity contribution < 1.29 is 9.59 Å². The fourth-order valence-electron chi connectivity index (χ4n) is 3.65.